The largest absolute Gasteiger partial charge is 0.378 e. The summed E-state index contributed by atoms with van der Waals surface area (Å²) in [6.07, 6.45) is 0. The highest BCUT2D eigenvalue weighted by molar-refractivity contribution is 9.11. The van der Waals surface area contributed by atoms with Gasteiger partial charge >= 0.3 is 0 Å². The van der Waals surface area contributed by atoms with Gasteiger partial charge in [-0.2, -0.15) is 0 Å². The van der Waals surface area contributed by atoms with Crippen molar-refractivity contribution in [3.8, 4) is 11.4 Å². The lowest BCUT2D eigenvalue weighted by molar-refractivity contribution is 0.181. The second-order valence-electron chi connectivity index (χ2n) is 4.30. The van der Waals surface area contributed by atoms with Crippen LogP contribution < -0.4 is 5.32 Å². The number of benzene rings is 1. The summed E-state index contributed by atoms with van der Waals surface area (Å²) in [7, 11) is 3.49. The Kier molecular flexibility index (Phi) is 5.12. The SMILES string of the molecule is CNc1nc(-c2ccc(Br)cc2C)nc(COC)c1Br. The van der Waals surface area contributed by atoms with E-state index < -0.39 is 0 Å². The van der Waals surface area contributed by atoms with E-state index in [1.54, 1.807) is 7.11 Å². The number of anilines is 1. The van der Waals surface area contributed by atoms with Crippen molar-refractivity contribution in [3.63, 3.8) is 0 Å². The number of aromatic nitrogens is 2. The van der Waals surface area contributed by atoms with E-state index in [0.717, 1.165) is 31.6 Å². The van der Waals surface area contributed by atoms with E-state index in [9.17, 15) is 0 Å². The summed E-state index contributed by atoms with van der Waals surface area (Å²) in [5.74, 6) is 1.44. The third kappa shape index (κ3) is 3.19. The molecule has 0 unspecified atom stereocenters. The van der Waals surface area contributed by atoms with Crippen LogP contribution in [0.2, 0.25) is 0 Å². The molecule has 0 radical (unpaired) electrons. The maximum atomic E-state index is 5.19. The van der Waals surface area contributed by atoms with Crippen LogP contribution in [0.3, 0.4) is 0 Å². The normalized spacial score (nSPS) is 10.7. The summed E-state index contributed by atoms with van der Waals surface area (Å²) in [4.78, 5) is 9.15. The van der Waals surface area contributed by atoms with Gasteiger partial charge in [-0.15, -0.1) is 0 Å². The van der Waals surface area contributed by atoms with Crippen LogP contribution in [0.15, 0.2) is 27.1 Å². The summed E-state index contributed by atoms with van der Waals surface area (Å²) >= 11 is 6.97. The second-order valence-corrected chi connectivity index (χ2v) is 6.01. The first-order valence-electron chi connectivity index (χ1n) is 6.06. The van der Waals surface area contributed by atoms with Crippen LogP contribution in [0.5, 0.6) is 0 Å². The zero-order valence-electron chi connectivity index (χ0n) is 11.5. The van der Waals surface area contributed by atoms with Gasteiger partial charge in [0, 0.05) is 24.2 Å². The molecule has 4 nitrogen and oxygen atoms in total. The molecule has 1 N–H and O–H groups in total. The molecule has 1 aromatic heterocycles. The number of rotatable bonds is 4. The van der Waals surface area contributed by atoms with Gasteiger partial charge in [-0.1, -0.05) is 15.9 Å². The van der Waals surface area contributed by atoms with Gasteiger partial charge in [0.05, 0.1) is 16.8 Å². The number of halogens is 2. The monoisotopic (exact) mass is 399 g/mol. The maximum Gasteiger partial charge on any atom is 0.162 e. The van der Waals surface area contributed by atoms with Crippen molar-refractivity contribution in [3.05, 3.63) is 38.4 Å². The minimum atomic E-state index is 0.431. The predicted molar refractivity (Wildman–Crippen MR) is 87.9 cm³/mol. The zero-order chi connectivity index (χ0) is 14.7. The molecule has 0 aliphatic rings. The first-order chi connectivity index (χ1) is 9.56. The summed E-state index contributed by atoms with van der Waals surface area (Å²) in [6.45, 7) is 2.47. The minimum absolute atomic E-state index is 0.431. The number of ether oxygens (including phenoxy) is 1. The van der Waals surface area contributed by atoms with Gasteiger partial charge in [0.2, 0.25) is 0 Å². The standard InChI is InChI=1S/C14H15Br2N3O/c1-8-6-9(15)4-5-10(8)13-18-11(7-20-3)12(16)14(17-2)19-13/h4-6H,7H2,1-3H3,(H,17,18,19). The average Bonchev–Trinajstić information content (AvgIpc) is 2.41. The molecule has 0 spiro atoms. The molecule has 1 heterocycles. The van der Waals surface area contributed by atoms with Gasteiger partial charge in [-0.25, -0.2) is 9.97 Å². The van der Waals surface area contributed by atoms with E-state index in [1.165, 1.54) is 0 Å². The van der Waals surface area contributed by atoms with Gasteiger partial charge < -0.3 is 10.1 Å². The predicted octanol–water partition coefficient (Wildman–Crippen LogP) is 4.17. The Hall–Kier alpha value is -0.980. The third-order valence-electron chi connectivity index (χ3n) is 2.87. The quantitative estimate of drug-likeness (QED) is 0.836. The molecule has 2 aromatic rings. The number of hydrogen-bond donors (Lipinski definition) is 1. The zero-order valence-corrected chi connectivity index (χ0v) is 14.7. The molecule has 0 fully saturated rings. The molecule has 0 bridgehead atoms. The molecular weight excluding hydrogens is 386 g/mol. The summed E-state index contributed by atoms with van der Waals surface area (Å²) in [6, 6.07) is 6.05. The fraction of sp³-hybridized carbons (Fsp3) is 0.286. The van der Waals surface area contributed by atoms with Crippen molar-refractivity contribution in [2.75, 3.05) is 19.5 Å². The highest BCUT2D eigenvalue weighted by atomic mass is 79.9. The van der Waals surface area contributed by atoms with Crippen LogP contribution in [-0.4, -0.2) is 24.1 Å². The topological polar surface area (TPSA) is 47.0 Å². The van der Waals surface area contributed by atoms with E-state index >= 15 is 0 Å². The summed E-state index contributed by atoms with van der Waals surface area (Å²) < 4.78 is 7.07. The van der Waals surface area contributed by atoms with Crippen molar-refractivity contribution in [1.82, 2.24) is 9.97 Å². The smallest absolute Gasteiger partial charge is 0.162 e. The molecule has 0 amide bonds. The van der Waals surface area contributed by atoms with Crippen LogP contribution >= 0.6 is 31.9 Å². The molecule has 6 heteroatoms. The molecule has 2 rings (SSSR count). The fourth-order valence-corrected chi connectivity index (χ4v) is 2.86. The number of methoxy groups -OCH3 is 1. The van der Waals surface area contributed by atoms with Crippen molar-refractivity contribution >= 4 is 37.7 Å². The lowest BCUT2D eigenvalue weighted by atomic mass is 10.1. The Morgan fingerprint density at radius 3 is 2.60 bits per heavy atom. The molecule has 1 aromatic carbocycles. The van der Waals surface area contributed by atoms with Crippen molar-refractivity contribution in [1.29, 1.82) is 0 Å². The van der Waals surface area contributed by atoms with E-state index in [2.05, 4.69) is 53.2 Å². The van der Waals surface area contributed by atoms with Crippen LogP contribution in [0.4, 0.5) is 5.82 Å². The molecule has 0 aliphatic carbocycles. The summed E-state index contributed by atoms with van der Waals surface area (Å²) in [5.41, 5.74) is 2.95. The molecular formula is C14H15Br2N3O. The van der Waals surface area contributed by atoms with E-state index in [0.29, 0.717) is 12.4 Å². The van der Waals surface area contributed by atoms with E-state index in [1.807, 2.05) is 26.1 Å². The second kappa shape index (κ2) is 6.65. The van der Waals surface area contributed by atoms with Crippen LogP contribution in [0, 0.1) is 6.92 Å². The first kappa shape index (κ1) is 15.4. The summed E-state index contributed by atoms with van der Waals surface area (Å²) in [5, 5.41) is 3.07. The van der Waals surface area contributed by atoms with Crippen LogP contribution in [0.1, 0.15) is 11.3 Å². The molecule has 106 valence electrons. The van der Waals surface area contributed by atoms with Crippen LogP contribution in [-0.2, 0) is 11.3 Å². The van der Waals surface area contributed by atoms with E-state index in [4.69, 9.17) is 4.74 Å². The number of nitrogens with zero attached hydrogens (tertiary/aromatic N) is 2. The Morgan fingerprint density at radius 1 is 1.25 bits per heavy atom. The highest BCUT2D eigenvalue weighted by Gasteiger charge is 2.14. The van der Waals surface area contributed by atoms with Gasteiger partial charge in [0.25, 0.3) is 0 Å². The lowest BCUT2D eigenvalue weighted by Gasteiger charge is -2.12. The lowest BCUT2D eigenvalue weighted by Crippen LogP contribution is -2.04. The minimum Gasteiger partial charge on any atom is -0.378 e. The average molecular weight is 401 g/mol. The Labute approximate surface area is 135 Å². The van der Waals surface area contributed by atoms with Gasteiger partial charge in [0.15, 0.2) is 5.82 Å². The molecule has 0 atom stereocenters. The Balaban J connectivity index is 2.58. The third-order valence-corrected chi connectivity index (χ3v) is 4.19. The number of hydrogen-bond acceptors (Lipinski definition) is 4. The molecule has 0 aliphatic heterocycles. The van der Waals surface area contributed by atoms with Gasteiger partial charge in [0.1, 0.15) is 5.82 Å². The van der Waals surface area contributed by atoms with E-state index in [-0.39, 0.29) is 0 Å². The number of nitrogens with one attached hydrogen (secondary N) is 1. The van der Waals surface area contributed by atoms with Crippen molar-refractivity contribution in [2.45, 2.75) is 13.5 Å². The first-order valence-corrected chi connectivity index (χ1v) is 7.65. The van der Waals surface area contributed by atoms with Crippen LogP contribution in [0.25, 0.3) is 11.4 Å². The van der Waals surface area contributed by atoms with Crippen molar-refractivity contribution in [2.24, 2.45) is 0 Å². The fourth-order valence-electron chi connectivity index (χ4n) is 1.89. The maximum absolute atomic E-state index is 5.19. The Bertz CT molecular complexity index is 632. The molecule has 20 heavy (non-hydrogen) atoms. The van der Waals surface area contributed by atoms with Gasteiger partial charge in [-0.3, -0.25) is 0 Å². The number of aryl methyl sites for hydroxylation is 1. The molecule has 0 saturated carbocycles. The Morgan fingerprint density at radius 2 is 2.00 bits per heavy atom. The highest BCUT2D eigenvalue weighted by Crippen LogP contribution is 2.29. The molecule has 0 saturated heterocycles. The van der Waals surface area contributed by atoms with Gasteiger partial charge in [-0.05, 0) is 46.6 Å². The van der Waals surface area contributed by atoms with Crippen molar-refractivity contribution < 1.29 is 4.74 Å².